The summed E-state index contributed by atoms with van der Waals surface area (Å²) < 4.78 is 10.7. The van der Waals surface area contributed by atoms with E-state index in [0.29, 0.717) is 30.5 Å². The summed E-state index contributed by atoms with van der Waals surface area (Å²) in [5.74, 6) is 1.54. The molecule has 5 heteroatoms. The first-order valence-corrected chi connectivity index (χ1v) is 7.50. The molecule has 0 aliphatic rings. The van der Waals surface area contributed by atoms with E-state index in [-0.39, 0.29) is 5.75 Å². The van der Waals surface area contributed by atoms with Crippen LogP contribution >= 0.6 is 0 Å². The molecule has 1 aromatic heterocycles. The van der Waals surface area contributed by atoms with Gasteiger partial charge in [0.05, 0.1) is 13.0 Å². The first kappa shape index (κ1) is 15.1. The first-order chi connectivity index (χ1) is 11.2. The Morgan fingerprint density at radius 2 is 1.91 bits per heavy atom. The second-order valence-corrected chi connectivity index (χ2v) is 5.29. The van der Waals surface area contributed by atoms with E-state index >= 15 is 0 Å². The fourth-order valence-electron chi connectivity index (χ4n) is 2.25. The van der Waals surface area contributed by atoms with Crippen LogP contribution in [0.3, 0.4) is 0 Å². The largest absolute Gasteiger partial charge is 0.504 e. The molecule has 1 heterocycles. The molecule has 0 amide bonds. The second-order valence-electron chi connectivity index (χ2n) is 5.29. The van der Waals surface area contributed by atoms with Crippen molar-refractivity contribution < 1.29 is 14.4 Å². The van der Waals surface area contributed by atoms with E-state index in [1.54, 1.807) is 18.2 Å². The molecule has 1 N–H and O–H groups in total. The van der Waals surface area contributed by atoms with Gasteiger partial charge in [0.25, 0.3) is 0 Å². The van der Waals surface area contributed by atoms with Crippen molar-refractivity contribution in [2.75, 3.05) is 6.61 Å². The summed E-state index contributed by atoms with van der Waals surface area (Å²) in [5.41, 5.74) is 3.07. The third kappa shape index (κ3) is 3.51. The average molecular weight is 310 g/mol. The molecule has 118 valence electrons. The molecule has 0 atom stereocenters. The van der Waals surface area contributed by atoms with Crippen molar-refractivity contribution in [1.29, 1.82) is 0 Å². The molecule has 0 spiro atoms. The molecular weight excluding hydrogens is 292 g/mol. The van der Waals surface area contributed by atoms with Gasteiger partial charge in [-0.25, -0.2) is 0 Å². The van der Waals surface area contributed by atoms with Gasteiger partial charge in [0, 0.05) is 5.56 Å². The second kappa shape index (κ2) is 6.52. The van der Waals surface area contributed by atoms with Gasteiger partial charge in [-0.15, -0.1) is 0 Å². The highest BCUT2D eigenvalue weighted by molar-refractivity contribution is 5.60. The minimum Gasteiger partial charge on any atom is -0.504 e. The highest BCUT2D eigenvalue weighted by Crippen LogP contribution is 2.30. The van der Waals surface area contributed by atoms with E-state index in [0.717, 1.165) is 11.1 Å². The number of benzene rings is 2. The normalized spacial score (nSPS) is 10.7. The van der Waals surface area contributed by atoms with Gasteiger partial charge in [-0.3, -0.25) is 0 Å². The highest BCUT2D eigenvalue weighted by atomic mass is 16.5. The van der Waals surface area contributed by atoms with Gasteiger partial charge in [0.2, 0.25) is 11.7 Å². The molecule has 23 heavy (non-hydrogen) atoms. The van der Waals surface area contributed by atoms with Crippen molar-refractivity contribution in [3.05, 3.63) is 59.5 Å². The van der Waals surface area contributed by atoms with E-state index in [1.165, 1.54) is 5.56 Å². The van der Waals surface area contributed by atoms with E-state index in [9.17, 15) is 5.11 Å². The predicted molar refractivity (Wildman–Crippen MR) is 86.6 cm³/mol. The molecule has 0 bridgehead atoms. The van der Waals surface area contributed by atoms with Crippen molar-refractivity contribution in [3.63, 3.8) is 0 Å². The molecule has 5 nitrogen and oxygen atoms in total. The summed E-state index contributed by atoms with van der Waals surface area (Å²) in [6.45, 7) is 4.39. The van der Waals surface area contributed by atoms with Crippen LogP contribution in [-0.4, -0.2) is 21.9 Å². The van der Waals surface area contributed by atoms with Crippen molar-refractivity contribution >= 4 is 0 Å². The topological polar surface area (TPSA) is 68.4 Å². The Kier molecular flexibility index (Phi) is 4.28. The zero-order valence-corrected chi connectivity index (χ0v) is 13.1. The number of hydrogen-bond donors (Lipinski definition) is 1. The number of rotatable bonds is 5. The predicted octanol–water partition coefficient (Wildman–Crippen LogP) is 3.74. The third-order valence-electron chi connectivity index (χ3n) is 3.46. The first-order valence-electron chi connectivity index (χ1n) is 7.50. The fraction of sp³-hybridized carbons (Fsp3) is 0.222. The van der Waals surface area contributed by atoms with Crippen LogP contribution in [0.2, 0.25) is 0 Å². The number of aromatic hydroxyl groups is 1. The molecule has 0 saturated carbocycles. The monoisotopic (exact) mass is 310 g/mol. The van der Waals surface area contributed by atoms with Crippen molar-refractivity contribution in [1.82, 2.24) is 10.1 Å². The fourth-order valence-corrected chi connectivity index (χ4v) is 2.25. The van der Waals surface area contributed by atoms with Crippen molar-refractivity contribution in [2.45, 2.75) is 20.3 Å². The lowest BCUT2D eigenvalue weighted by Gasteiger charge is -2.06. The van der Waals surface area contributed by atoms with Crippen LogP contribution in [0.15, 0.2) is 47.0 Å². The van der Waals surface area contributed by atoms with Gasteiger partial charge in [-0.2, -0.15) is 4.98 Å². The lowest BCUT2D eigenvalue weighted by molar-refractivity contribution is 0.318. The third-order valence-corrected chi connectivity index (χ3v) is 3.46. The quantitative estimate of drug-likeness (QED) is 0.777. The van der Waals surface area contributed by atoms with Gasteiger partial charge in [-0.05, 0) is 37.6 Å². The Labute approximate surface area is 134 Å². The van der Waals surface area contributed by atoms with Gasteiger partial charge in [-0.1, -0.05) is 35.0 Å². The maximum atomic E-state index is 9.75. The van der Waals surface area contributed by atoms with Gasteiger partial charge in [0.15, 0.2) is 11.5 Å². The molecule has 0 radical (unpaired) electrons. The van der Waals surface area contributed by atoms with Crippen molar-refractivity contribution in [3.8, 4) is 22.9 Å². The van der Waals surface area contributed by atoms with Crippen molar-refractivity contribution in [2.24, 2.45) is 0 Å². The van der Waals surface area contributed by atoms with Crippen LogP contribution in [0, 0.1) is 6.92 Å². The van der Waals surface area contributed by atoms with Crippen LogP contribution in [-0.2, 0) is 6.42 Å². The number of aryl methyl sites for hydroxylation is 1. The number of phenols is 1. The Morgan fingerprint density at radius 3 is 2.65 bits per heavy atom. The number of aromatic nitrogens is 2. The summed E-state index contributed by atoms with van der Waals surface area (Å²) in [6, 6.07) is 13.2. The Bertz CT molecular complexity index is 794. The summed E-state index contributed by atoms with van der Waals surface area (Å²) in [4.78, 5) is 4.41. The molecule has 3 rings (SSSR count). The van der Waals surface area contributed by atoms with Gasteiger partial charge < -0.3 is 14.4 Å². The summed E-state index contributed by atoms with van der Waals surface area (Å²) in [7, 11) is 0. The zero-order chi connectivity index (χ0) is 16.2. The smallest absolute Gasteiger partial charge is 0.231 e. The number of ether oxygens (including phenoxy) is 1. The maximum Gasteiger partial charge on any atom is 0.231 e. The van der Waals surface area contributed by atoms with Gasteiger partial charge >= 0.3 is 0 Å². The number of phenolic OH excluding ortho intramolecular Hbond substituents is 1. The van der Waals surface area contributed by atoms with E-state index in [4.69, 9.17) is 9.26 Å². The van der Waals surface area contributed by atoms with Crippen LogP contribution in [0.25, 0.3) is 11.4 Å². The maximum absolute atomic E-state index is 9.75. The molecule has 0 saturated heterocycles. The van der Waals surface area contributed by atoms with E-state index < -0.39 is 0 Å². The molecule has 0 aliphatic carbocycles. The zero-order valence-electron chi connectivity index (χ0n) is 13.1. The van der Waals surface area contributed by atoms with Crippen LogP contribution in [0.5, 0.6) is 11.5 Å². The number of nitrogens with zero attached hydrogens (tertiary/aromatic N) is 2. The minimum atomic E-state index is 0.0963. The van der Waals surface area contributed by atoms with Crippen LogP contribution in [0.1, 0.15) is 23.9 Å². The summed E-state index contributed by atoms with van der Waals surface area (Å²) >= 11 is 0. The molecule has 0 fully saturated rings. The van der Waals surface area contributed by atoms with Gasteiger partial charge in [0.1, 0.15) is 0 Å². The SMILES string of the molecule is CCOc1cc(-c2noc(Cc3ccc(C)cc3)n2)ccc1O. The van der Waals surface area contributed by atoms with E-state index in [2.05, 4.69) is 29.2 Å². The number of hydrogen-bond acceptors (Lipinski definition) is 5. The highest BCUT2D eigenvalue weighted by Gasteiger charge is 2.12. The van der Waals surface area contributed by atoms with E-state index in [1.807, 2.05) is 19.1 Å². The molecule has 0 unspecified atom stereocenters. The van der Waals surface area contributed by atoms with Crippen LogP contribution < -0.4 is 4.74 Å². The lowest BCUT2D eigenvalue weighted by Crippen LogP contribution is -1.93. The lowest BCUT2D eigenvalue weighted by atomic mass is 10.1. The average Bonchev–Trinajstić information content (AvgIpc) is 3.00. The Hall–Kier alpha value is -2.82. The van der Waals surface area contributed by atoms with Crippen LogP contribution in [0.4, 0.5) is 0 Å². The summed E-state index contributed by atoms with van der Waals surface area (Å²) in [5, 5.41) is 13.8. The Morgan fingerprint density at radius 1 is 1.13 bits per heavy atom. The molecule has 2 aromatic carbocycles. The molecule has 0 aliphatic heterocycles. The summed E-state index contributed by atoms with van der Waals surface area (Å²) in [6.07, 6.45) is 0.587. The molecular formula is C18H18N2O3. The standard InChI is InChI=1S/C18H18N2O3/c1-3-22-16-11-14(8-9-15(16)21)18-19-17(23-20-18)10-13-6-4-12(2)5-7-13/h4-9,11,21H,3,10H2,1-2H3. The minimum absolute atomic E-state index is 0.0963. The molecule has 3 aromatic rings. The Balaban J connectivity index is 1.81.